The smallest absolute Gasteiger partial charge is 0.356 e. The van der Waals surface area contributed by atoms with Crippen molar-refractivity contribution in [3.8, 4) is 17.2 Å². The van der Waals surface area contributed by atoms with Gasteiger partial charge in [0.05, 0.1) is 24.2 Å². The fourth-order valence-electron chi connectivity index (χ4n) is 3.85. The number of nitrogens with zero attached hydrogens (tertiary/aromatic N) is 2. The molecular weight excluding hydrogens is 458 g/mol. The molecule has 0 saturated heterocycles. The molecule has 0 fully saturated rings. The van der Waals surface area contributed by atoms with Gasteiger partial charge in [-0.15, -0.1) is 0 Å². The summed E-state index contributed by atoms with van der Waals surface area (Å²) in [6.45, 7) is 5.46. The number of fused-ring (bicyclic) bond motifs is 1. The number of ether oxygens (including phenoxy) is 1. The zero-order valence-corrected chi connectivity index (χ0v) is 19.7. The quantitative estimate of drug-likeness (QED) is 0.353. The van der Waals surface area contributed by atoms with Gasteiger partial charge in [-0.25, -0.2) is 14.8 Å². The van der Waals surface area contributed by atoms with E-state index in [2.05, 4.69) is 15.3 Å². The third-order valence-corrected chi connectivity index (χ3v) is 5.71. The molecule has 0 aliphatic heterocycles. The summed E-state index contributed by atoms with van der Waals surface area (Å²) in [6, 6.07) is 9.78. The highest BCUT2D eigenvalue weighted by molar-refractivity contribution is 6.29. The van der Waals surface area contributed by atoms with Crippen molar-refractivity contribution in [1.29, 1.82) is 0 Å². The molecule has 2 N–H and O–H groups in total. The van der Waals surface area contributed by atoms with Gasteiger partial charge in [0.25, 0.3) is 0 Å². The lowest BCUT2D eigenvalue weighted by Gasteiger charge is -2.19. The van der Waals surface area contributed by atoms with E-state index in [1.54, 1.807) is 37.4 Å². The SMILES string of the molecule is COc1cc(-c2oc3c(C(C)Nc4ccc(Cl)nc4C(=O)O)cc(C)cc3c(=O)c2C)ccn1. The van der Waals surface area contributed by atoms with Crippen molar-refractivity contribution >= 4 is 34.2 Å². The fraction of sp³-hybridized carbons (Fsp3) is 0.200. The molecule has 174 valence electrons. The molecular formula is C25H22ClN3O5. The molecule has 0 bridgehead atoms. The molecule has 8 nitrogen and oxygen atoms in total. The molecule has 0 radical (unpaired) electrons. The van der Waals surface area contributed by atoms with Crippen LogP contribution in [0.3, 0.4) is 0 Å². The predicted octanol–water partition coefficient (Wildman–Crippen LogP) is 5.40. The van der Waals surface area contributed by atoms with Gasteiger partial charge >= 0.3 is 5.97 Å². The summed E-state index contributed by atoms with van der Waals surface area (Å²) in [6.07, 6.45) is 1.58. The number of methoxy groups -OCH3 is 1. The number of aromatic carboxylic acids is 1. The third-order valence-electron chi connectivity index (χ3n) is 5.50. The number of halogens is 1. The van der Waals surface area contributed by atoms with Crippen LogP contribution in [-0.2, 0) is 0 Å². The first kappa shape index (κ1) is 23.3. The van der Waals surface area contributed by atoms with Gasteiger partial charge in [-0.2, -0.15) is 0 Å². The average Bonchev–Trinajstić information content (AvgIpc) is 2.82. The fourth-order valence-corrected chi connectivity index (χ4v) is 4.00. The van der Waals surface area contributed by atoms with Crippen LogP contribution in [0.15, 0.2) is 51.8 Å². The van der Waals surface area contributed by atoms with Gasteiger partial charge in [-0.3, -0.25) is 4.79 Å². The molecule has 0 spiro atoms. The Morgan fingerprint density at radius 2 is 1.97 bits per heavy atom. The minimum absolute atomic E-state index is 0.0792. The molecule has 3 aromatic heterocycles. The van der Waals surface area contributed by atoms with Gasteiger partial charge in [-0.05, 0) is 50.6 Å². The van der Waals surface area contributed by atoms with Crippen LogP contribution in [0, 0.1) is 13.8 Å². The number of hydrogen-bond donors (Lipinski definition) is 2. The zero-order valence-electron chi connectivity index (χ0n) is 19.0. The summed E-state index contributed by atoms with van der Waals surface area (Å²) in [7, 11) is 1.51. The Morgan fingerprint density at radius 1 is 1.21 bits per heavy atom. The second kappa shape index (κ2) is 9.15. The van der Waals surface area contributed by atoms with E-state index in [1.165, 1.54) is 13.2 Å². The van der Waals surface area contributed by atoms with E-state index in [1.807, 2.05) is 19.9 Å². The summed E-state index contributed by atoms with van der Waals surface area (Å²) >= 11 is 5.88. The molecule has 0 amide bonds. The number of carboxylic acid groups (broad SMARTS) is 1. The molecule has 0 aliphatic rings. The number of nitrogens with one attached hydrogen (secondary N) is 1. The topological polar surface area (TPSA) is 115 Å². The normalized spacial score (nSPS) is 11.9. The summed E-state index contributed by atoms with van der Waals surface area (Å²) in [5.41, 5.74) is 3.05. The first-order valence-corrected chi connectivity index (χ1v) is 10.8. The minimum Gasteiger partial charge on any atom is -0.481 e. The van der Waals surface area contributed by atoms with Crippen LogP contribution in [0.1, 0.15) is 40.1 Å². The Balaban J connectivity index is 1.89. The predicted molar refractivity (Wildman–Crippen MR) is 130 cm³/mol. The highest BCUT2D eigenvalue weighted by Gasteiger charge is 2.21. The van der Waals surface area contributed by atoms with Gasteiger partial charge < -0.3 is 19.6 Å². The van der Waals surface area contributed by atoms with Crippen molar-refractivity contribution < 1.29 is 19.1 Å². The molecule has 1 aromatic carbocycles. The van der Waals surface area contributed by atoms with Gasteiger partial charge in [0.2, 0.25) is 5.88 Å². The van der Waals surface area contributed by atoms with Crippen LogP contribution in [0.2, 0.25) is 5.15 Å². The first-order chi connectivity index (χ1) is 16.2. The number of carbonyl (C=O) groups is 1. The van der Waals surface area contributed by atoms with Gasteiger partial charge in [0, 0.05) is 29.0 Å². The van der Waals surface area contributed by atoms with Crippen molar-refractivity contribution in [2.75, 3.05) is 12.4 Å². The molecule has 34 heavy (non-hydrogen) atoms. The van der Waals surface area contributed by atoms with Crippen molar-refractivity contribution in [3.05, 3.63) is 80.4 Å². The molecule has 4 rings (SSSR count). The standard InChI is InChI=1S/C25H22ClN3O5/c1-12-9-16(14(3)28-18-5-6-19(26)29-21(18)25(31)32)24-17(10-12)22(30)13(2)23(34-24)15-7-8-27-20(11-15)33-4/h5-11,14,28H,1-4H3,(H,31,32). The monoisotopic (exact) mass is 479 g/mol. The van der Waals surface area contributed by atoms with Crippen molar-refractivity contribution in [1.82, 2.24) is 9.97 Å². The molecule has 4 aromatic rings. The summed E-state index contributed by atoms with van der Waals surface area (Å²) < 4.78 is 11.5. The third kappa shape index (κ3) is 4.32. The summed E-state index contributed by atoms with van der Waals surface area (Å²) in [4.78, 5) is 33.0. The van der Waals surface area contributed by atoms with E-state index in [4.69, 9.17) is 20.8 Å². The number of carboxylic acids is 1. The molecule has 1 atom stereocenters. The molecule has 1 unspecified atom stereocenters. The number of benzene rings is 1. The molecule has 3 heterocycles. The van der Waals surface area contributed by atoms with Crippen LogP contribution in [0.4, 0.5) is 5.69 Å². The Hall–Kier alpha value is -3.91. The van der Waals surface area contributed by atoms with E-state index in [9.17, 15) is 14.7 Å². The van der Waals surface area contributed by atoms with Crippen LogP contribution < -0.4 is 15.5 Å². The van der Waals surface area contributed by atoms with E-state index in [0.717, 1.165) is 5.56 Å². The highest BCUT2D eigenvalue weighted by atomic mass is 35.5. The number of aromatic nitrogens is 2. The maximum absolute atomic E-state index is 13.3. The van der Waals surface area contributed by atoms with Gasteiger partial charge in [0.1, 0.15) is 16.5 Å². The zero-order chi connectivity index (χ0) is 24.6. The number of pyridine rings is 2. The van der Waals surface area contributed by atoms with Crippen LogP contribution in [-0.4, -0.2) is 28.2 Å². The minimum atomic E-state index is -1.21. The number of anilines is 1. The summed E-state index contributed by atoms with van der Waals surface area (Å²) in [5.74, 6) is -0.396. The first-order valence-electron chi connectivity index (χ1n) is 10.4. The van der Waals surface area contributed by atoms with E-state index < -0.39 is 12.0 Å². The lowest BCUT2D eigenvalue weighted by molar-refractivity contribution is 0.0691. The Labute approximate surface area is 200 Å². The largest absolute Gasteiger partial charge is 0.481 e. The molecule has 0 aliphatic carbocycles. The second-order valence-corrected chi connectivity index (χ2v) is 8.29. The maximum Gasteiger partial charge on any atom is 0.356 e. The van der Waals surface area contributed by atoms with E-state index in [-0.39, 0.29) is 16.3 Å². The highest BCUT2D eigenvalue weighted by Crippen LogP contribution is 2.33. The van der Waals surface area contributed by atoms with Crippen LogP contribution in [0.25, 0.3) is 22.3 Å². The Bertz CT molecular complexity index is 1480. The lowest BCUT2D eigenvalue weighted by Crippen LogP contribution is -2.14. The van der Waals surface area contributed by atoms with Crippen molar-refractivity contribution in [3.63, 3.8) is 0 Å². The molecule has 0 saturated carbocycles. The van der Waals surface area contributed by atoms with Gasteiger partial charge in [-0.1, -0.05) is 17.7 Å². The second-order valence-electron chi connectivity index (χ2n) is 7.90. The molecule has 9 heteroatoms. The van der Waals surface area contributed by atoms with Crippen molar-refractivity contribution in [2.24, 2.45) is 0 Å². The van der Waals surface area contributed by atoms with Gasteiger partial charge in [0.15, 0.2) is 11.1 Å². The maximum atomic E-state index is 13.3. The number of rotatable bonds is 6. The average molecular weight is 480 g/mol. The van der Waals surface area contributed by atoms with E-state index in [0.29, 0.717) is 45.0 Å². The lowest BCUT2D eigenvalue weighted by atomic mass is 9.99. The van der Waals surface area contributed by atoms with Crippen molar-refractivity contribution in [2.45, 2.75) is 26.8 Å². The Kier molecular flexibility index (Phi) is 6.26. The van der Waals surface area contributed by atoms with E-state index >= 15 is 0 Å². The summed E-state index contributed by atoms with van der Waals surface area (Å²) in [5, 5.41) is 13.2. The van der Waals surface area contributed by atoms with Crippen LogP contribution in [0.5, 0.6) is 5.88 Å². The van der Waals surface area contributed by atoms with Crippen LogP contribution >= 0.6 is 11.6 Å². The number of aryl methyl sites for hydroxylation is 1. The number of hydrogen-bond acceptors (Lipinski definition) is 7. The Morgan fingerprint density at radius 3 is 2.68 bits per heavy atom.